The van der Waals surface area contributed by atoms with Crippen molar-refractivity contribution in [2.24, 2.45) is 0 Å². The highest BCUT2D eigenvalue weighted by molar-refractivity contribution is 5.87. The average Bonchev–Trinajstić information content (AvgIpc) is 3.03. The van der Waals surface area contributed by atoms with Gasteiger partial charge in [-0.2, -0.15) is 5.26 Å². The molecule has 0 N–H and O–H groups in total. The third-order valence-electron chi connectivity index (χ3n) is 5.03. The number of carbonyl (C=O) groups is 1. The van der Waals surface area contributed by atoms with E-state index >= 15 is 0 Å². The molecule has 2 fully saturated rings. The van der Waals surface area contributed by atoms with E-state index in [2.05, 4.69) is 15.9 Å². The first-order chi connectivity index (χ1) is 10.7. The van der Waals surface area contributed by atoms with E-state index < -0.39 is 5.54 Å². The van der Waals surface area contributed by atoms with Crippen LogP contribution in [0.1, 0.15) is 18.6 Å². The largest absolute Gasteiger partial charge is 0.468 e. The van der Waals surface area contributed by atoms with Crippen molar-refractivity contribution < 1.29 is 9.21 Å². The molecular formula is C16H22N4O2. The van der Waals surface area contributed by atoms with Crippen molar-refractivity contribution in [2.75, 3.05) is 39.8 Å². The van der Waals surface area contributed by atoms with Gasteiger partial charge in [-0.05, 0) is 32.0 Å². The van der Waals surface area contributed by atoms with Gasteiger partial charge in [-0.25, -0.2) is 0 Å². The van der Waals surface area contributed by atoms with Crippen molar-refractivity contribution in [1.82, 2.24) is 14.7 Å². The van der Waals surface area contributed by atoms with Crippen molar-refractivity contribution in [3.63, 3.8) is 0 Å². The lowest BCUT2D eigenvalue weighted by Crippen LogP contribution is -2.67. The van der Waals surface area contributed by atoms with Crippen molar-refractivity contribution >= 4 is 5.91 Å². The van der Waals surface area contributed by atoms with E-state index in [0.29, 0.717) is 6.54 Å². The maximum absolute atomic E-state index is 12.8. The highest BCUT2D eigenvalue weighted by Crippen LogP contribution is 2.33. The molecule has 2 aliphatic heterocycles. The first-order valence-corrected chi connectivity index (χ1v) is 7.78. The summed E-state index contributed by atoms with van der Waals surface area (Å²) in [5, 5.41) is 8.90. The number of nitriles is 1. The van der Waals surface area contributed by atoms with E-state index in [9.17, 15) is 4.79 Å². The van der Waals surface area contributed by atoms with Gasteiger partial charge in [0.05, 0.1) is 18.9 Å². The van der Waals surface area contributed by atoms with Gasteiger partial charge in [0.1, 0.15) is 17.8 Å². The molecule has 22 heavy (non-hydrogen) atoms. The quantitative estimate of drug-likeness (QED) is 0.777. The lowest BCUT2D eigenvalue weighted by Gasteiger charge is -2.51. The van der Waals surface area contributed by atoms with Crippen molar-refractivity contribution in [2.45, 2.75) is 24.9 Å². The number of likely N-dealkylation sites (tertiary alicyclic amines) is 1. The molecule has 6 heteroatoms. The van der Waals surface area contributed by atoms with Gasteiger partial charge in [0, 0.05) is 26.2 Å². The van der Waals surface area contributed by atoms with Crippen LogP contribution < -0.4 is 0 Å². The molecule has 0 saturated carbocycles. The van der Waals surface area contributed by atoms with Crippen LogP contribution in [0.5, 0.6) is 0 Å². The monoisotopic (exact) mass is 302 g/mol. The lowest BCUT2D eigenvalue weighted by molar-refractivity contribution is -0.153. The predicted molar refractivity (Wildman–Crippen MR) is 80.8 cm³/mol. The molecule has 1 aromatic rings. The summed E-state index contributed by atoms with van der Waals surface area (Å²) in [6.45, 7) is 4.23. The Hall–Kier alpha value is -1.84. The van der Waals surface area contributed by atoms with Crippen LogP contribution in [-0.4, -0.2) is 65.9 Å². The number of hydrogen-bond acceptors (Lipinski definition) is 5. The van der Waals surface area contributed by atoms with E-state index in [1.165, 1.54) is 0 Å². The number of rotatable bonds is 3. The minimum Gasteiger partial charge on any atom is -0.468 e. The highest BCUT2D eigenvalue weighted by atomic mass is 16.3. The van der Waals surface area contributed by atoms with Crippen LogP contribution >= 0.6 is 0 Å². The van der Waals surface area contributed by atoms with Crippen LogP contribution in [0.2, 0.25) is 0 Å². The minimum absolute atomic E-state index is 0.125. The molecule has 2 saturated heterocycles. The average molecular weight is 302 g/mol. The first-order valence-electron chi connectivity index (χ1n) is 7.78. The second-order valence-electron chi connectivity index (χ2n) is 6.19. The summed E-state index contributed by atoms with van der Waals surface area (Å²) in [5.74, 6) is 1.09. The van der Waals surface area contributed by atoms with E-state index in [0.717, 1.165) is 44.8 Å². The summed E-state index contributed by atoms with van der Waals surface area (Å²) in [6, 6.07) is 5.99. The number of hydrogen-bond donors (Lipinski definition) is 0. The van der Waals surface area contributed by atoms with Crippen LogP contribution in [0.25, 0.3) is 0 Å². The number of nitrogens with zero attached hydrogens (tertiary/aromatic N) is 4. The number of likely N-dealkylation sites (N-methyl/N-ethyl adjacent to an activating group) is 1. The summed E-state index contributed by atoms with van der Waals surface area (Å²) in [4.78, 5) is 19.0. The zero-order valence-electron chi connectivity index (χ0n) is 13.0. The molecule has 3 heterocycles. The summed E-state index contributed by atoms with van der Waals surface area (Å²) in [5.41, 5.74) is -0.422. The molecule has 6 nitrogen and oxygen atoms in total. The number of furan rings is 1. The zero-order valence-corrected chi connectivity index (χ0v) is 13.0. The van der Waals surface area contributed by atoms with E-state index in [4.69, 9.17) is 9.68 Å². The molecule has 0 aliphatic carbocycles. The van der Waals surface area contributed by atoms with Crippen LogP contribution in [-0.2, 0) is 11.3 Å². The van der Waals surface area contributed by atoms with Gasteiger partial charge in [-0.3, -0.25) is 14.6 Å². The van der Waals surface area contributed by atoms with Gasteiger partial charge < -0.3 is 9.32 Å². The van der Waals surface area contributed by atoms with Gasteiger partial charge in [0.15, 0.2) is 0 Å². The smallest absolute Gasteiger partial charge is 0.244 e. The van der Waals surface area contributed by atoms with Crippen molar-refractivity contribution in [3.8, 4) is 6.07 Å². The maximum atomic E-state index is 12.8. The Morgan fingerprint density at radius 1 is 1.32 bits per heavy atom. The molecule has 1 spiro atoms. The van der Waals surface area contributed by atoms with Gasteiger partial charge in [-0.1, -0.05) is 0 Å². The molecule has 1 aromatic heterocycles. The molecular weight excluding hydrogens is 280 g/mol. The number of piperazine rings is 1. The Bertz CT molecular complexity index is 555. The molecule has 0 bridgehead atoms. The second kappa shape index (κ2) is 6.11. The van der Waals surface area contributed by atoms with Gasteiger partial charge >= 0.3 is 0 Å². The third-order valence-corrected chi connectivity index (χ3v) is 5.03. The molecule has 118 valence electrons. The normalized spacial score (nSPS) is 22.9. The van der Waals surface area contributed by atoms with Gasteiger partial charge in [0.25, 0.3) is 0 Å². The molecule has 1 amide bonds. The van der Waals surface area contributed by atoms with Crippen LogP contribution in [0.4, 0.5) is 0 Å². The molecule has 3 rings (SSSR count). The SMILES string of the molecule is CN1CCN(CC#N)C(=O)C12CCN(Cc1ccco1)CC2. The Balaban J connectivity index is 1.66. The van der Waals surface area contributed by atoms with Crippen LogP contribution in [0, 0.1) is 11.3 Å². The number of amides is 1. The summed E-state index contributed by atoms with van der Waals surface area (Å²) >= 11 is 0. The fraction of sp³-hybridized carbons (Fsp3) is 0.625. The molecule has 2 aliphatic rings. The van der Waals surface area contributed by atoms with Gasteiger partial charge in [-0.15, -0.1) is 0 Å². The minimum atomic E-state index is -0.422. The van der Waals surface area contributed by atoms with E-state index in [-0.39, 0.29) is 12.5 Å². The summed E-state index contributed by atoms with van der Waals surface area (Å²) in [7, 11) is 2.03. The number of carbonyl (C=O) groups excluding carboxylic acids is 1. The Morgan fingerprint density at radius 3 is 2.73 bits per heavy atom. The standard InChI is InChI=1S/C16H22N4O2/c1-18-10-11-20(9-6-17)15(21)16(18)4-7-19(8-5-16)13-14-3-2-12-22-14/h2-3,12H,4-5,7-11,13H2,1H3. The van der Waals surface area contributed by atoms with E-state index in [1.807, 2.05) is 19.2 Å². The predicted octanol–water partition coefficient (Wildman–Crippen LogP) is 0.912. The zero-order chi connectivity index (χ0) is 15.6. The Morgan fingerprint density at radius 2 is 2.09 bits per heavy atom. The van der Waals surface area contributed by atoms with Crippen molar-refractivity contribution in [3.05, 3.63) is 24.2 Å². The third kappa shape index (κ3) is 2.62. The Labute approximate surface area is 130 Å². The topological polar surface area (TPSA) is 63.7 Å². The fourth-order valence-electron chi connectivity index (χ4n) is 3.58. The number of piperidine rings is 1. The first kappa shape index (κ1) is 15.1. The molecule has 0 radical (unpaired) electrons. The van der Waals surface area contributed by atoms with Gasteiger partial charge in [0.2, 0.25) is 5.91 Å². The Kier molecular flexibility index (Phi) is 4.19. The van der Waals surface area contributed by atoms with E-state index in [1.54, 1.807) is 11.2 Å². The highest BCUT2D eigenvalue weighted by Gasteiger charge is 2.49. The maximum Gasteiger partial charge on any atom is 0.244 e. The molecule has 0 unspecified atom stereocenters. The fourth-order valence-corrected chi connectivity index (χ4v) is 3.58. The molecule has 0 aromatic carbocycles. The molecule has 0 atom stereocenters. The summed E-state index contributed by atoms with van der Waals surface area (Å²) < 4.78 is 5.40. The van der Waals surface area contributed by atoms with Crippen molar-refractivity contribution in [1.29, 1.82) is 5.26 Å². The van der Waals surface area contributed by atoms with Crippen LogP contribution in [0.15, 0.2) is 22.8 Å². The van der Waals surface area contributed by atoms with Crippen LogP contribution in [0.3, 0.4) is 0 Å². The lowest BCUT2D eigenvalue weighted by atomic mass is 9.82. The second-order valence-corrected chi connectivity index (χ2v) is 6.19. The summed E-state index contributed by atoms with van der Waals surface area (Å²) in [6.07, 6.45) is 3.31.